The summed E-state index contributed by atoms with van der Waals surface area (Å²) in [6, 6.07) is 20.2. The average Bonchev–Trinajstić information content (AvgIpc) is 2.66. The Balaban J connectivity index is 1.96. The van der Waals surface area contributed by atoms with Crippen molar-refractivity contribution >= 4 is 0 Å². The smallest absolute Gasteiger partial charge is 0.162 e. The Hall–Kier alpha value is -3.14. The van der Waals surface area contributed by atoms with Crippen LogP contribution >= 0.6 is 0 Å². The van der Waals surface area contributed by atoms with Gasteiger partial charge in [0.1, 0.15) is 6.61 Å². The topological polar surface area (TPSA) is 39.2 Å². The van der Waals surface area contributed by atoms with Crippen LogP contribution in [-0.4, -0.2) is 16.9 Å². The van der Waals surface area contributed by atoms with E-state index in [1.165, 1.54) is 5.56 Å². The van der Waals surface area contributed by atoms with Gasteiger partial charge in [-0.3, -0.25) is 4.68 Å². The number of rotatable bonds is 5. The number of nitrogens with one attached hydrogen (secondary N) is 1. The molecule has 0 radical (unpaired) electrons. The van der Waals surface area contributed by atoms with Gasteiger partial charge in [0, 0.05) is 25.0 Å². The van der Waals surface area contributed by atoms with Gasteiger partial charge in [-0.15, -0.1) is 0 Å². The predicted molar refractivity (Wildman–Crippen MR) is 105 cm³/mol. The summed E-state index contributed by atoms with van der Waals surface area (Å²) in [4.78, 5) is 0. The second-order valence-electron chi connectivity index (χ2n) is 6.13. The molecule has 4 nitrogen and oxygen atoms in total. The predicted octanol–water partition coefficient (Wildman–Crippen LogP) is 5.04. The van der Waals surface area contributed by atoms with Crippen LogP contribution in [0.3, 0.4) is 0 Å². The summed E-state index contributed by atoms with van der Waals surface area (Å²) in [6.07, 6.45) is 3.97. The maximum Gasteiger partial charge on any atom is 0.162 e. The first kappa shape index (κ1) is 17.7. The molecule has 0 saturated carbocycles. The van der Waals surface area contributed by atoms with E-state index in [4.69, 9.17) is 9.47 Å². The molecule has 4 heteroatoms. The van der Waals surface area contributed by atoms with Crippen LogP contribution in [0.25, 0.3) is 11.1 Å². The van der Waals surface area contributed by atoms with E-state index in [1.807, 2.05) is 78.7 Å². The second kappa shape index (κ2) is 8.30. The van der Waals surface area contributed by atoms with Crippen molar-refractivity contribution in [1.29, 1.82) is 0 Å². The monoisotopic (exact) mass is 348 g/mol. The number of methoxy groups -OCH3 is 1. The minimum Gasteiger partial charge on any atom is -0.493 e. The van der Waals surface area contributed by atoms with Crippen LogP contribution in [0, 0.1) is 6.92 Å². The van der Waals surface area contributed by atoms with E-state index in [0.717, 1.165) is 28.2 Å². The Bertz CT molecular complexity index is 909. The summed E-state index contributed by atoms with van der Waals surface area (Å²) in [6.45, 7) is 2.59. The quantitative estimate of drug-likeness (QED) is 0.701. The van der Waals surface area contributed by atoms with Crippen LogP contribution in [-0.2, 0) is 13.7 Å². The summed E-state index contributed by atoms with van der Waals surface area (Å²) < 4.78 is 13.4. The molecule has 0 saturated heterocycles. The fourth-order valence-electron chi connectivity index (χ4n) is 2.73. The Morgan fingerprint density at radius 1 is 0.962 bits per heavy atom. The van der Waals surface area contributed by atoms with E-state index in [0.29, 0.717) is 6.61 Å². The second-order valence-corrected chi connectivity index (χ2v) is 6.13. The van der Waals surface area contributed by atoms with Crippen LogP contribution in [0.2, 0.25) is 0 Å². The van der Waals surface area contributed by atoms with Crippen molar-refractivity contribution in [2.75, 3.05) is 7.11 Å². The van der Waals surface area contributed by atoms with Crippen molar-refractivity contribution in [2.24, 2.45) is 7.05 Å². The molecule has 0 aliphatic rings. The maximum atomic E-state index is 6.04. The normalized spacial score (nSPS) is 10.3. The summed E-state index contributed by atoms with van der Waals surface area (Å²) in [5.41, 5.74) is 4.46. The number of hydrogen-bond donors (Lipinski definition) is 1. The molecule has 0 unspecified atom stereocenters. The number of aromatic amines is 1. The number of aromatic nitrogens is 2. The molecule has 1 aromatic heterocycles. The maximum absolute atomic E-state index is 6.04. The molecule has 0 bridgehead atoms. The Morgan fingerprint density at radius 2 is 1.77 bits per heavy atom. The van der Waals surface area contributed by atoms with Crippen molar-refractivity contribution in [3.63, 3.8) is 0 Å². The molecule has 1 N–H and O–H groups in total. The van der Waals surface area contributed by atoms with Gasteiger partial charge in [0.2, 0.25) is 0 Å². The van der Waals surface area contributed by atoms with Crippen molar-refractivity contribution in [3.05, 3.63) is 84.2 Å². The largest absolute Gasteiger partial charge is 0.493 e. The van der Waals surface area contributed by atoms with Crippen LogP contribution in [0.15, 0.2) is 73.1 Å². The van der Waals surface area contributed by atoms with Gasteiger partial charge in [0.05, 0.1) is 7.11 Å². The molecule has 0 fully saturated rings. The number of benzene rings is 2. The number of ether oxygens (including phenoxy) is 2. The molecule has 3 aromatic rings. The van der Waals surface area contributed by atoms with E-state index in [-0.39, 0.29) is 0 Å². The number of aryl methyl sites for hydroxylation is 2. The fraction of sp³-hybridized carbons (Fsp3) is 0.182. The highest BCUT2D eigenvalue weighted by atomic mass is 16.5. The van der Waals surface area contributed by atoms with Gasteiger partial charge < -0.3 is 14.6 Å². The molecule has 0 spiro atoms. The molecule has 2 aromatic carbocycles. The summed E-state index contributed by atoms with van der Waals surface area (Å²) >= 11 is 0. The summed E-state index contributed by atoms with van der Waals surface area (Å²) in [7, 11) is 3.62. The highest BCUT2D eigenvalue weighted by molar-refractivity contribution is 5.69. The van der Waals surface area contributed by atoms with Crippen LogP contribution < -0.4 is 9.47 Å². The molecule has 0 atom stereocenters. The summed E-state index contributed by atoms with van der Waals surface area (Å²) in [5.74, 6) is 1.45. The first-order chi connectivity index (χ1) is 12.7. The third-order valence-electron chi connectivity index (χ3n) is 4.21. The molecular weight excluding hydrogens is 324 g/mol. The molecule has 26 heavy (non-hydrogen) atoms. The molecule has 1 heterocycles. The van der Waals surface area contributed by atoms with Gasteiger partial charge in [-0.05, 0) is 41.8 Å². The lowest BCUT2D eigenvalue weighted by Gasteiger charge is -2.13. The van der Waals surface area contributed by atoms with Crippen LogP contribution in [0.1, 0.15) is 11.1 Å². The van der Waals surface area contributed by atoms with E-state index in [1.54, 1.807) is 7.11 Å². The first-order valence-corrected chi connectivity index (χ1v) is 8.57. The zero-order valence-electron chi connectivity index (χ0n) is 15.4. The highest BCUT2D eigenvalue weighted by Crippen LogP contribution is 2.33. The Kier molecular flexibility index (Phi) is 5.64. The molecule has 0 aliphatic carbocycles. The standard InChI is InChI=1S/C22H24N2O2/c1-17-8-7-13-24(2)23-15-20(17)19-11-12-21(25-3)22(14-19)26-16-18-9-5-4-6-10-18/h4-15,23H,16H2,1-3H3. The van der Waals surface area contributed by atoms with Crippen molar-refractivity contribution < 1.29 is 9.47 Å². The molecule has 3 rings (SSSR count). The van der Waals surface area contributed by atoms with E-state index in [9.17, 15) is 0 Å². The minimum atomic E-state index is 0.498. The average molecular weight is 348 g/mol. The van der Waals surface area contributed by atoms with Gasteiger partial charge >= 0.3 is 0 Å². The van der Waals surface area contributed by atoms with Gasteiger partial charge in [-0.25, -0.2) is 0 Å². The van der Waals surface area contributed by atoms with E-state index < -0.39 is 0 Å². The Morgan fingerprint density at radius 3 is 2.54 bits per heavy atom. The molecule has 0 amide bonds. The van der Waals surface area contributed by atoms with Crippen LogP contribution in [0.5, 0.6) is 11.5 Å². The van der Waals surface area contributed by atoms with Gasteiger partial charge in [0.15, 0.2) is 11.5 Å². The SMILES string of the molecule is COc1ccc(-c2c[nH]n(C)cccc2C)cc1OCc1ccccc1. The molecule has 0 aliphatic heterocycles. The third-order valence-corrected chi connectivity index (χ3v) is 4.21. The summed E-state index contributed by atoms with van der Waals surface area (Å²) in [5, 5.41) is 3.24. The van der Waals surface area contributed by atoms with Gasteiger partial charge in [-0.2, -0.15) is 0 Å². The Labute approximate surface area is 154 Å². The fourth-order valence-corrected chi connectivity index (χ4v) is 2.73. The van der Waals surface area contributed by atoms with Crippen molar-refractivity contribution in [3.8, 4) is 22.6 Å². The zero-order chi connectivity index (χ0) is 18.4. The van der Waals surface area contributed by atoms with E-state index in [2.05, 4.69) is 18.1 Å². The number of hydrogen-bond acceptors (Lipinski definition) is 2. The first-order valence-electron chi connectivity index (χ1n) is 8.57. The zero-order valence-corrected chi connectivity index (χ0v) is 15.4. The molecular formula is C22H24N2O2. The highest BCUT2D eigenvalue weighted by Gasteiger charge is 2.09. The molecule has 134 valence electrons. The number of nitrogens with zero attached hydrogens (tertiary/aromatic N) is 1. The lowest BCUT2D eigenvalue weighted by atomic mass is 10.0. The van der Waals surface area contributed by atoms with Crippen LogP contribution in [0.4, 0.5) is 0 Å². The van der Waals surface area contributed by atoms with E-state index >= 15 is 0 Å². The van der Waals surface area contributed by atoms with Gasteiger partial charge in [-0.1, -0.05) is 42.5 Å². The third kappa shape index (κ3) is 4.28. The lowest BCUT2D eigenvalue weighted by Crippen LogP contribution is -1.98. The number of H-pyrrole nitrogens is 1. The minimum absolute atomic E-state index is 0.498. The van der Waals surface area contributed by atoms with Gasteiger partial charge in [0.25, 0.3) is 0 Å². The van der Waals surface area contributed by atoms with Crippen molar-refractivity contribution in [1.82, 2.24) is 9.78 Å². The van der Waals surface area contributed by atoms with Crippen molar-refractivity contribution in [2.45, 2.75) is 13.5 Å². The lowest BCUT2D eigenvalue weighted by molar-refractivity contribution is 0.284.